The minimum atomic E-state index is -1.75. The predicted octanol–water partition coefficient (Wildman–Crippen LogP) is -0.0647. The number of rotatable bonds is 7. The van der Waals surface area contributed by atoms with Crippen molar-refractivity contribution in [1.82, 2.24) is 0 Å². The summed E-state index contributed by atoms with van der Waals surface area (Å²) in [7, 11) is 4.07. The third-order valence-corrected chi connectivity index (χ3v) is 2.02. The molecule has 0 atom stereocenters. The maximum Gasteiger partial charge on any atom is 0.330 e. The summed E-state index contributed by atoms with van der Waals surface area (Å²) in [6.07, 6.45) is 1.96. The van der Waals surface area contributed by atoms with Gasteiger partial charge in [-0.3, -0.25) is 0 Å². The van der Waals surface area contributed by atoms with Crippen molar-refractivity contribution in [3.8, 4) is 0 Å². The van der Waals surface area contributed by atoms with Gasteiger partial charge in [-0.15, -0.1) is 0 Å². The van der Waals surface area contributed by atoms with Crippen LogP contribution in [0.2, 0.25) is 0 Å². The van der Waals surface area contributed by atoms with E-state index in [1.54, 1.807) is 0 Å². The van der Waals surface area contributed by atoms with E-state index in [1.807, 2.05) is 14.1 Å². The van der Waals surface area contributed by atoms with Gasteiger partial charge in [0.2, 0.25) is 0 Å². The van der Waals surface area contributed by atoms with Gasteiger partial charge in [-0.2, -0.15) is 0 Å². The first-order valence-corrected chi connectivity index (χ1v) is 5.28. The topological polar surface area (TPSA) is 113 Å². The molecular formula is C10H20N2O6. The second-order valence-electron chi connectivity index (χ2n) is 4.06. The van der Waals surface area contributed by atoms with Crippen molar-refractivity contribution in [2.75, 3.05) is 40.4 Å². The highest BCUT2D eigenvalue weighted by Gasteiger charge is 2.13. The molecule has 8 nitrogen and oxygen atoms in total. The minimum absolute atomic E-state index is 0.180. The fourth-order valence-electron chi connectivity index (χ4n) is 1.11. The van der Waals surface area contributed by atoms with Gasteiger partial charge in [0.1, 0.15) is 6.54 Å². The van der Waals surface area contributed by atoms with E-state index in [1.165, 1.54) is 0 Å². The SMILES string of the molecule is C=CC(=O)OCCC[N+](C)(C)CCO.O=[N+]([O-])[O-]. The highest BCUT2D eigenvalue weighted by atomic mass is 16.9. The second kappa shape index (κ2) is 10.5. The lowest BCUT2D eigenvalue weighted by molar-refractivity contribution is -0.890. The van der Waals surface area contributed by atoms with Crippen LogP contribution in [0.4, 0.5) is 0 Å². The first-order valence-electron chi connectivity index (χ1n) is 5.28. The molecule has 18 heavy (non-hydrogen) atoms. The largest absolute Gasteiger partial charge is 0.462 e. The zero-order valence-electron chi connectivity index (χ0n) is 10.7. The van der Waals surface area contributed by atoms with Crippen LogP contribution >= 0.6 is 0 Å². The molecule has 0 aromatic carbocycles. The molecule has 8 heteroatoms. The Hall–Kier alpha value is -1.67. The van der Waals surface area contributed by atoms with Gasteiger partial charge >= 0.3 is 5.97 Å². The first kappa shape index (κ1) is 18.7. The molecule has 0 aromatic heterocycles. The molecule has 0 saturated carbocycles. The quantitative estimate of drug-likeness (QED) is 0.172. The number of hydrogen-bond donors (Lipinski definition) is 1. The third-order valence-electron chi connectivity index (χ3n) is 2.02. The van der Waals surface area contributed by atoms with Crippen LogP contribution in [0.5, 0.6) is 0 Å². The first-order chi connectivity index (χ1) is 8.25. The Morgan fingerprint density at radius 1 is 1.44 bits per heavy atom. The molecule has 1 N–H and O–H groups in total. The smallest absolute Gasteiger partial charge is 0.330 e. The summed E-state index contributed by atoms with van der Waals surface area (Å²) < 4.78 is 5.57. The van der Waals surface area contributed by atoms with E-state index in [2.05, 4.69) is 6.58 Å². The Balaban J connectivity index is 0. The van der Waals surface area contributed by atoms with Crippen LogP contribution in [-0.2, 0) is 9.53 Å². The Morgan fingerprint density at radius 2 is 1.94 bits per heavy atom. The molecule has 0 aliphatic carbocycles. The molecule has 0 amide bonds. The van der Waals surface area contributed by atoms with Gasteiger partial charge in [-0.05, 0) is 0 Å². The lowest BCUT2D eigenvalue weighted by Gasteiger charge is -2.28. The van der Waals surface area contributed by atoms with E-state index in [0.717, 1.165) is 30.1 Å². The van der Waals surface area contributed by atoms with E-state index < -0.39 is 5.09 Å². The van der Waals surface area contributed by atoms with Crippen LogP contribution in [0.15, 0.2) is 12.7 Å². The number of nitrogens with zero attached hydrogens (tertiary/aromatic N) is 2. The monoisotopic (exact) mass is 264 g/mol. The predicted molar refractivity (Wildman–Crippen MR) is 65.1 cm³/mol. The number of hydrogen-bond acceptors (Lipinski definition) is 6. The molecular weight excluding hydrogens is 244 g/mol. The van der Waals surface area contributed by atoms with Crippen molar-refractivity contribution in [1.29, 1.82) is 0 Å². The summed E-state index contributed by atoms with van der Waals surface area (Å²) in [6.45, 7) is 5.50. The number of aliphatic hydroxyl groups excluding tert-OH is 1. The van der Waals surface area contributed by atoms with Crippen LogP contribution in [-0.4, -0.2) is 61.0 Å². The summed E-state index contributed by atoms with van der Waals surface area (Å²) in [5.41, 5.74) is 0. The Kier molecular flexibility index (Phi) is 10.9. The maximum absolute atomic E-state index is 10.7. The molecule has 0 radical (unpaired) electrons. The van der Waals surface area contributed by atoms with Gasteiger partial charge in [0.15, 0.2) is 0 Å². The van der Waals surface area contributed by atoms with E-state index >= 15 is 0 Å². The summed E-state index contributed by atoms with van der Waals surface area (Å²) in [4.78, 5) is 18.9. The zero-order valence-corrected chi connectivity index (χ0v) is 10.7. The molecule has 0 aliphatic heterocycles. The third kappa shape index (κ3) is 16.7. The van der Waals surface area contributed by atoms with Crippen molar-refractivity contribution in [2.24, 2.45) is 0 Å². The molecule has 0 aromatic rings. The second-order valence-corrected chi connectivity index (χ2v) is 4.06. The summed E-state index contributed by atoms with van der Waals surface area (Å²) >= 11 is 0. The van der Waals surface area contributed by atoms with E-state index in [9.17, 15) is 4.79 Å². The molecule has 106 valence electrons. The summed E-state index contributed by atoms with van der Waals surface area (Å²) in [5, 5.41) is 23.5. The molecule has 0 rings (SSSR count). The number of carbonyl (C=O) groups excluding carboxylic acids is 1. The average Bonchev–Trinajstić information content (AvgIpc) is 2.23. The number of carbonyl (C=O) groups is 1. The fraction of sp³-hybridized carbons (Fsp3) is 0.700. The lowest BCUT2D eigenvalue weighted by Crippen LogP contribution is -2.43. The van der Waals surface area contributed by atoms with Gasteiger partial charge in [-0.25, -0.2) is 4.79 Å². The highest BCUT2D eigenvalue weighted by molar-refractivity contribution is 5.81. The van der Waals surface area contributed by atoms with Gasteiger partial charge in [-0.1, -0.05) is 6.58 Å². The number of aliphatic hydroxyl groups is 1. The van der Waals surface area contributed by atoms with Gasteiger partial charge < -0.3 is 29.6 Å². The highest BCUT2D eigenvalue weighted by Crippen LogP contribution is 1.98. The van der Waals surface area contributed by atoms with Crippen LogP contribution in [0.25, 0.3) is 0 Å². The van der Waals surface area contributed by atoms with Crippen LogP contribution in [0, 0.1) is 15.3 Å². The van der Waals surface area contributed by atoms with Crippen molar-refractivity contribution in [3.63, 3.8) is 0 Å². The van der Waals surface area contributed by atoms with Gasteiger partial charge in [0, 0.05) is 12.5 Å². The number of ether oxygens (including phenoxy) is 1. The minimum Gasteiger partial charge on any atom is -0.462 e. The maximum atomic E-state index is 10.7. The summed E-state index contributed by atoms with van der Waals surface area (Å²) in [5.74, 6) is -0.377. The molecule has 0 aliphatic rings. The molecule has 0 saturated heterocycles. The Bertz CT molecular complexity index is 263. The fourth-order valence-corrected chi connectivity index (χ4v) is 1.11. The Labute approximate surface area is 106 Å². The van der Waals surface area contributed by atoms with Crippen LogP contribution < -0.4 is 0 Å². The standard InChI is InChI=1S/C10H20NO3.NO3/c1-4-10(13)14-9-5-6-11(2,3)7-8-12;2-1(3)4/h4,12H,1,5-9H2,2-3H3;/q+1;-1. The van der Waals surface area contributed by atoms with Crippen molar-refractivity contribution in [3.05, 3.63) is 28.0 Å². The molecule has 0 unspecified atom stereocenters. The molecule has 0 fully saturated rings. The van der Waals surface area contributed by atoms with Crippen molar-refractivity contribution in [2.45, 2.75) is 6.42 Å². The van der Waals surface area contributed by atoms with Crippen LogP contribution in [0.3, 0.4) is 0 Å². The van der Waals surface area contributed by atoms with E-state index in [0.29, 0.717) is 6.61 Å². The van der Waals surface area contributed by atoms with E-state index in [4.69, 9.17) is 25.2 Å². The normalized spacial score (nSPS) is 9.94. The average molecular weight is 264 g/mol. The summed E-state index contributed by atoms with van der Waals surface area (Å²) in [6, 6.07) is 0. The van der Waals surface area contributed by atoms with Gasteiger partial charge in [0.25, 0.3) is 0 Å². The molecule has 0 heterocycles. The molecule has 0 bridgehead atoms. The number of quaternary nitrogens is 1. The zero-order chi connectivity index (χ0) is 14.6. The van der Waals surface area contributed by atoms with Crippen LogP contribution in [0.1, 0.15) is 6.42 Å². The number of esters is 1. The van der Waals surface area contributed by atoms with E-state index in [-0.39, 0.29) is 12.6 Å². The lowest BCUT2D eigenvalue weighted by atomic mass is 10.3. The van der Waals surface area contributed by atoms with Crippen molar-refractivity contribution >= 4 is 5.97 Å². The number of likely N-dealkylation sites (N-methyl/N-ethyl adjacent to an activating group) is 1. The molecule has 0 spiro atoms. The van der Waals surface area contributed by atoms with Gasteiger partial charge in [0.05, 0.1) is 38.9 Å². The Morgan fingerprint density at radius 3 is 2.33 bits per heavy atom. The van der Waals surface area contributed by atoms with Crippen molar-refractivity contribution < 1.29 is 24.2 Å².